The van der Waals surface area contributed by atoms with Crippen molar-refractivity contribution in [1.29, 1.82) is 0 Å². The fraction of sp³-hybridized carbons (Fsp3) is 0.238. The Morgan fingerprint density at radius 2 is 1.70 bits per heavy atom. The standard InChI is InChI=1S/C21H23N3O5S/c1-15-20(16(2)24(23-15)14-17-6-4-3-5-7-17)21(25)29-13-12-28-18-8-10-19(11-9-18)30(22,26)27/h3-11H,12-14H2,1-2H3,(H2,22,26,27). The normalized spacial score (nSPS) is 11.3. The maximum atomic E-state index is 12.5. The van der Waals surface area contributed by atoms with Crippen LogP contribution in [0.3, 0.4) is 0 Å². The van der Waals surface area contributed by atoms with Crippen molar-refractivity contribution in [3.05, 3.63) is 77.1 Å². The van der Waals surface area contributed by atoms with E-state index in [2.05, 4.69) is 5.10 Å². The lowest BCUT2D eigenvalue weighted by Gasteiger charge is -2.08. The number of hydrogen-bond acceptors (Lipinski definition) is 6. The van der Waals surface area contributed by atoms with Gasteiger partial charge in [0.2, 0.25) is 10.0 Å². The van der Waals surface area contributed by atoms with Crippen molar-refractivity contribution >= 4 is 16.0 Å². The van der Waals surface area contributed by atoms with Crippen LogP contribution in [0.15, 0.2) is 59.5 Å². The molecule has 0 fully saturated rings. The Bertz CT molecular complexity index is 1120. The first-order valence-corrected chi connectivity index (χ1v) is 10.8. The Kier molecular flexibility index (Phi) is 6.53. The van der Waals surface area contributed by atoms with Crippen molar-refractivity contribution in [2.45, 2.75) is 25.3 Å². The molecule has 0 saturated carbocycles. The first-order chi connectivity index (χ1) is 14.3. The first kappa shape index (κ1) is 21.5. The highest BCUT2D eigenvalue weighted by molar-refractivity contribution is 7.89. The minimum atomic E-state index is -3.75. The van der Waals surface area contributed by atoms with Gasteiger partial charge in [-0.3, -0.25) is 4.68 Å². The number of carbonyl (C=O) groups excluding carboxylic acids is 1. The summed E-state index contributed by atoms with van der Waals surface area (Å²) in [6.45, 7) is 4.34. The van der Waals surface area contributed by atoms with Gasteiger partial charge in [0, 0.05) is 0 Å². The summed E-state index contributed by atoms with van der Waals surface area (Å²) in [7, 11) is -3.75. The predicted molar refractivity (Wildman–Crippen MR) is 111 cm³/mol. The fourth-order valence-corrected chi connectivity index (χ4v) is 3.51. The molecule has 0 aliphatic rings. The third kappa shape index (κ3) is 5.25. The van der Waals surface area contributed by atoms with Gasteiger partial charge >= 0.3 is 5.97 Å². The zero-order chi connectivity index (χ0) is 21.7. The molecular weight excluding hydrogens is 406 g/mol. The van der Waals surface area contributed by atoms with Crippen molar-refractivity contribution in [3.63, 3.8) is 0 Å². The SMILES string of the molecule is Cc1nn(Cc2ccccc2)c(C)c1C(=O)OCCOc1ccc(S(N)(=O)=O)cc1. The summed E-state index contributed by atoms with van der Waals surface area (Å²) in [6.07, 6.45) is 0. The predicted octanol–water partition coefficient (Wildman–Crippen LogP) is 2.43. The van der Waals surface area contributed by atoms with Gasteiger partial charge in [0.15, 0.2) is 0 Å². The van der Waals surface area contributed by atoms with Crippen molar-refractivity contribution in [3.8, 4) is 5.75 Å². The Hall–Kier alpha value is -3.17. The molecule has 0 radical (unpaired) electrons. The van der Waals surface area contributed by atoms with Crippen LogP contribution in [0.2, 0.25) is 0 Å². The topological polar surface area (TPSA) is 114 Å². The summed E-state index contributed by atoms with van der Waals surface area (Å²) >= 11 is 0. The molecule has 158 valence electrons. The van der Waals surface area contributed by atoms with E-state index in [4.69, 9.17) is 14.6 Å². The first-order valence-electron chi connectivity index (χ1n) is 9.26. The summed E-state index contributed by atoms with van der Waals surface area (Å²) in [4.78, 5) is 12.5. The van der Waals surface area contributed by atoms with Gasteiger partial charge in [-0.15, -0.1) is 0 Å². The number of nitrogens with zero attached hydrogens (tertiary/aromatic N) is 2. The molecule has 0 amide bonds. The molecule has 8 nitrogen and oxygen atoms in total. The van der Waals surface area contributed by atoms with Crippen LogP contribution in [0.4, 0.5) is 0 Å². The largest absolute Gasteiger partial charge is 0.490 e. The van der Waals surface area contributed by atoms with Crippen LogP contribution in [-0.4, -0.2) is 37.4 Å². The number of hydrogen-bond donors (Lipinski definition) is 1. The van der Waals surface area contributed by atoms with Gasteiger partial charge in [0.1, 0.15) is 24.5 Å². The van der Waals surface area contributed by atoms with Gasteiger partial charge in [-0.25, -0.2) is 18.4 Å². The van der Waals surface area contributed by atoms with Gasteiger partial charge in [0.05, 0.1) is 22.8 Å². The van der Waals surface area contributed by atoms with E-state index in [-0.39, 0.29) is 18.1 Å². The van der Waals surface area contributed by atoms with Crippen LogP contribution in [0.25, 0.3) is 0 Å². The molecule has 30 heavy (non-hydrogen) atoms. The summed E-state index contributed by atoms with van der Waals surface area (Å²) in [6, 6.07) is 15.5. The molecule has 0 bridgehead atoms. The monoisotopic (exact) mass is 429 g/mol. The Morgan fingerprint density at radius 1 is 1.03 bits per heavy atom. The van der Waals surface area contributed by atoms with Crippen molar-refractivity contribution in [2.75, 3.05) is 13.2 Å². The van der Waals surface area contributed by atoms with Crippen LogP contribution in [0, 0.1) is 13.8 Å². The number of carbonyl (C=O) groups is 1. The lowest BCUT2D eigenvalue weighted by atomic mass is 10.2. The molecule has 2 aromatic carbocycles. The summed E-state index contributed by atoms with van der Waals surface area (Å²) < 4.78 is 35.1. The maximum absolute atomic E-state index is 12.5. The highest BCUT2D eigenvalue weighted by Crippen LogP contribution is 2.17. The summed E-state index contributed by atoms with van der Waals surface area (Å²) in [5, 5.41) is 9.51. The van der Waals surface area contributed by atoms with E-state index in [0.717, 1.165) is 11.3 Å². The zero-order valence-electron chi connectivity index (χ0n) is 16.7. The second-order valence-corrected chi connectivity index (χ2v) is 8.25. The number of aryl methyl sites for hydroxylation is 1. The Morgan fingerprint density at radius 3 is 2.33 bits per heavy atom. The number of esters is 1. The van der Waals surface area contributed by atoms with Gasteiger partial charge < -0.3 is 9.47 Å². The summed E-state index contributed by atoms with van der Waals surface area (Å²) in [5.41, 5.74) is 2.88. The zero-order valence-corrected chi connectivity index (χ0v) is 17.6. The molecule has 0 aliphatic carbocycles. The molecule has 3 aromatic rings. The molecule has 3 rings (SSSR count). The molecule has 1 aromatic heterocycles. The second kappa shape index (κ2) is 9.10. The van der Waals surface area contributed by atoms with Gasteiger partial charge in [-0.1, -0.05) is 30.3 Å². The van der Waals surface area contributed by atoms with Crippen LogP contribution >= 0.6 is 0 Å². The van der Waals surface area contributed by atoms with Crippen molar-refractivity contribution in [1.82, 2.24) is 9.78 Å². The molecule has 0 atom stereocenters. The van der Waals surface area contributed by atoms with Gasteiger partial charge in [-0.2, -0.15) is 5.10 Å². The van der Waals surface area contributed by atoms with E-state index >= 15 is 0 Å². The average Bonchev–Trinajstić information content (AvgIpc) is 2.98. The number of ether oxygens (including phenoxy) is 2. The minimum absolute atomic E-state index is 0.000238. The molecule has 0 unspecified atom stereocenters. The van der Waals surface area contributed by atoms with Crippen molar-refractivity contribution < 1.29 is 22.7 Å². The van der Waals surface area contributed by atoms with E-state index < -0.39 is 16.0 Å². The molecule has 9 heteroatoms. The maximum Gasteiger partial charge on any atom is 0.342 e. The van der Waals surface area contributed by atoms with E-state index in [1.54, 1.807) is 11.6 Å². The second-order valence-electron chi connectivity index (χ2n) is 6.69. The lowest BCUT2D eigenvalue weighted by Crippen LogP contribution is -2.14. The summed E-state index contributed by atoms with van der Waals surface area (Å²) in [5.74, 6) is -0.0148. The molecule has 0 saturated heterocycles. The fourth-order valence-electron chi connectivity index (χ4n) is 2.99. The van der Waals surface area contributed by atoms with Gasteiger partial charge in [-0.05, 0) is 43.7 Å². The molecule has 1 heterocycles. The average molecular weight is 429 g/mol. The molecule has 2 N–H and O–H groups in total. The van der Waals surface area contributed by atoms with E-state index in [1.807, 2.05) is 37.3 Å². The molecular formula is C21H23N3O5S. The number of benzene rings is 2. The van der Waals surface area contributed by atoms with Crippen LogP contribution in [0.5, 0.6) is 5.75 Å². The number of rotatable bonds is 8. The van der Waals surface area contributed by atoms with Crippen LogP contribution in [0.1, 0.15) is 27.3 Å². The lowest BCUT2D eigenvalue weighted by molar-refractivity contribution is 0.0448. The van der Waals surface area contributed by atoms with Crippen molar-refractivity contribution in [2.24, 2.45) is 5.14 Å². The number of aromatic nitrogens is 2. The smallest absolute Gasteiger partial charge is 0.342 e. The van der Waals surface area contributed by atoms with Gasteiger partial charge in [0.25, 0.3) is 0 Å². The van der Waals surface area contributed by atoms with E-state index in [0.29, 0.717) is 23.6 Å². The number of primary sulfonamides is 1. The molecule has 0 spiro atoms. The van der Waals surface area contributed by atoms with E-state index in [1.165, 1.54) is 24.3 Å². The third-order valence-electron chi connectivity index (χ3n) is 4.50. The Labute approximate surface area is 175 Å². The molecule has 0 aliphatic heterocycles. The highest BCUT2D eigenvalue weighted by atomic mass is 32.2. The Balaban J connectivity index is 1.55. The highest BCUT2D eigenvalue weighted by Gasteiger charge is 2.20. The minimum Gasteiger partial charge on any atom is -0.490 e. The van der Waals surface area contributed by atoms with E-state index in [9.17, 15) is 13.2 Å². The third-order valence-corrected chi connectivity index (χ3v) is 5.43. The number of sulfonamides is 1. The number of nitrogens with two attached hydrogens (primary N) is 1. The quantitative estimate of drug-likeness (QED) is 0.435. The van der Waals surface area contributed by atoms with Crippen LogP contribution < -0.4 is 9.88 Å². The van der Waals surface area contributed by atoms with Crippen LogP contribution in [-0.2, 0) is 21.3 Å².